The molecule has 2 unspecified atom stereocenters. The lowest BCUT2D eigenvalue weighted by Crippen LogP contribution is -2.21. The van der Waals surface area contributed by atoms with Crippen LogP contribution in [0.25, 0.3) is 0 Å². The van der Waals surface area contributed by atoms with E-state index >= 15 is 0 Å². The van der Waals surface area contributed by atoms with Crippen molar-refractivity contribution >= 4 is 0 Å². The van der Waals surface area contributed by atoms with Crippen LogP contribution in [0.4, 0.5) is 0 Å². The fourth-order valence-electron chi connectivity index (χ4n) is 2.77. The summed E-state index contributed by atoms with van der Waals surface area (Å²) in [5, 5.41) is 3.40. The Morgan fingerprint density at radius 1 is 1.12 bits per heavy atom. The van der Waals surface area contributed by atoms with E-state index in [2.05, 4.69) is 43.6 Å². The first kappa shape index (κ1) is 11.7. The molecule has 1 aromatic carbocycles. The summed E-state index contributed by atoms with van der Waals surface area (Å²) in [6.45, 7) is 2.21. The maximum Gasteiger partial charge on any atom is 0.00669 e. The van der Waals surface area contributed by atoms with Crippen LogP contribution < -0.4 is 5.32 Å². The molecule has 1 saturated carbocycles. The van der Waals surface area contributed by atoms with Crippen molar-refractivity contribution in [3.05, 3.63) is 35.4 Å². The first-order valence-corrected chi connectivity index (χ1v) is 6.57. The molecule has 0 saturated heterocycles. The zero-order valence-electron chi connectivity index (χ0n) is 10.5. The molecule has 0 radical (unpaired) electrons. The number of rotatable bonds is 4. The second kappa shape index (κ2) is 5.49. The molecule has 0 bridgehead atoms. The minimum Gasteiger partial charge on any atom is -0.317 e. The summed E-state index contributed by atoms with van der Waals surface area (Å²) < 4.78 is 0. The Bertz CT molecular complexity index is 315. The average Bonchev–Trinajstić information content (AvgIpc) is 2.78. The molecule has 2 atom stereocenters. The zero-order valence-corrected chi connectivity index (χ0v) is 10.5. The number of hydrogen-bond acceptors (Lipinski definition) is 1. The van der Waals surface area contributed by atoms with Crippen LogP contribution in [-0.4, -0.2) is 13.1 Å². The second-order valence-electron chi connectivity index (χ2n) is 5.04. The maximum atomic E-state index is 3.40. The third-order valence-corrected chi connectivity index (χ3v) is 3.91. The van der Waals surface area contributed by atoms with Crippen molar-refractivity contribution in [2.24, 2.45) is 5.92 Å². The highest BCUT2D eigenvalue weighted by molar-refractivity contribution is 5.23. The largest absolute Gasteiger partial charge is 0.317 e. The number of hydrogen-bond donors (Lipinski definition) is 1. The van der Waals surface area contributed by atoms with E-state index in [9.17, 15) is 0 Å². The van der Waals surface area contributed by atoms with Gasteiger partial charge in [-0.1, -0.05) is 31.2 Å². The topological polar surface area (TPSA) is 12.0 Å². The van der Waals surface area contributed by atoms with Gasteiger partial charge in [-0.3, -0.25) is 0 Å². The van der Waals surface area contributed by atoms with Crippen LogP contribution in [-0.2, 0) is 12.8 Å². The van der Waals surface area contributed by atoms with Gasteiger partial charge in [-0.05, 0) is 56.2 Å². The van der Waals surface area contributed by atoms with Crippen molar-refractivity contribution in [3.8, 4) is 0 Å². The minimum absolute atomic E-state index is 0.764. The SMILES string of the molecule is CCc1ccc(CC2CCC(NC)C2)cc1. The van der Waals surface area contributed by atoms with Crippen molar-refractivity contribution in [3.63, 3.8) is 0 Å². The predicted molar refractivity (Wildman–Crippen MR) is 69.7 cm³/mol. The van der Waals surface area contributed by atoms with Crippen molar-refractivity contribution < 1.29 is 0 Å². The lowest BCUT2D eigenvalue weighted by Gasteiger charge is -2.11. The van der Waals surface area contributed by atoms with Crippen LogP contribution in [0.2, 0.25) is 0 Å². The van der Waals surface area contributed by atoms with Crippen LogP contribution in [0.5, 0.6) is 0 Å². The van der Waals surface area contributed by atoms with Gasteiger partial charge in [0.2, 0.25) is 0 Å². The van der Waals surface area contributed by atoms with Crippen LogP contribution in [0, 0.1) is 5.92 Å². The number of aryl methyl sites for hydroxylation is 1. The van der Waals surface area contributed by atoms with Gasteiger partial charge in [-0.15, -0.1) is 0 Å². The van der Waals surface area contributed by atoms with Crippen LogP contribution in [0.3, 0.4) is 0 Å². The van der Waals surface area contributed by atoms with Gasteiger partial charge < -0.3 is 5.32 Å². The van der Waals surface area contributed by atoms with E-state index in [1.807, 2.05) is 0 Å². The molecule has 1 aromatic rings. The summed E-state index contributed by atoms with van der Waals surface area (Å²) in [6, 6.07) is 9.94. The van der Waals surface area contributed by atoms with Gasteiger partial charge in [0.05, 0.1) is 0 Å². The minimum atomic E-state index is 0.764. The van der Waals surface area contributed by atoms with Gasteiger partial charge in [-0.2, -0.15) is 0 Å². The third-order valence-electron chi connectivity index (χ3n) is 3.91. The Labute approximate surface area is 99.3 Å². The van der Waals surface area contributed by atoms with Gasteiger partial charge in [0, 0.05) is 6.04 Å². The first-order valence-electron chi connectivity index (χ1n) is 6.57. The van der Waals surface area contributed by atoms with E-state index in [1.165, 1.54) is 36.8 Å². The van der Waals surface area contributed by atoms with E-state index in [0.29, 0.717) is 0 Å². The average molecular weight is 217 g/mol. The van der Waals surface area contributed by atoms with Gasteiger partial charge in [0.15, 0.2) is 0 Å². The molecule has 1 aliphatic carbocycles. The van der Waals surface area contributed by atoms with E-state index in [4.69, 9.17) is 0 Å². The molecule has 0 aromatic heterocycles. The van der Waals surface area contributed by atoms with Gasteiger partial charge in [0.1, 0.15) is 0 Å². The van der Waals surface area contributed by atoms with E-state index in [1.54, 1.807) is 0 Å². The summed E-state index contributed by atoms with van der Waals surface area (Å²) in [5.41, 5.74) is 2.96. The Hall–Kier alpha value is -0.820. The molecule has 1 fully saturated rings. The van der Waals surface area contributed by atoms with Crippen LogP contribution in [0.1, 0.15) is 37.3 Å². The van der Waals surface area contributed by atoms with E-state index in [0.717, 1.165) is 18.4 Å². The van der Waals surface area contributed by atoms with E-state index in [-0.39, 0.29) is 0 Å². The molecular formula is C15H23N. The predicted octanol–water partition coefficient (Wildman–Crippen LogP) is 3.18. The lowest BCUT2D eigenvalue weighted by atomic mass is 9.97. The quantitative estimate of drug-likeness (QED) is 0.817. The highest BCUT2D eigenvalue weighted by atomic mass is 14.9. The molecule has 1 N–H and O–H groups in total. The zero-order chi connectivity index (χ0) is 11.4. The molecule has 2 rings (SSSR count). The molecule has 0 amide bonds. The number of benzene rings is 1. The standard InChI is InChI=1S/C15H23N/c1-3-12-4-6-13(7-5-12)10-14-8-9-15(11-14)16-2/h4-7,14-16H,3,8-11H2,1-2H3. The first-order chi connectivity index (χ1) is 7.81. The normalized spacial score (nSPS) is 24.9. The van der Waals surface area contributed by atoms with Crippen LogP contribution >= 0.6 is 0 Å². The molecule has 0 aliphatic heterocycles. The Kier molecular flexibility index (Phi) is 4.00. The molecule has 1 heteroatoms. The summed E-state index contributed by atoms with van der Waals surface area (Å²) in [7, 11) is 2.09. The molecule has 16 heavy (non-hydrogen) atoms. The van der Waals surface area contributed by atoms with Crippen molar-refractivity contribution in [1.29, 1.82) is 0 Å². The summed E-state index contributed by atoms with van der Waals surface area (Å²) in [6.07, 6.45) is 6.51. The van der Waals surface area contributed by atoms with Gasteiger partial charge in [0.25, 0.3) is 0 Å². The molecular weight excluding hydrogens is 194 g/mol. The molecule has 1 nitrogen and oxygen atoms in total. The number of nitrogens with one attached hydrogen (secondary N) is 1. The Balaban J connectivity index is 1.89. The van der Waals surface area contributed by atoms with Crippen molar-refractivity contribution in [2.75, 3.05) is 7.05 Å². The highest BCUT2D eigenvalue weighted by Gasteiger charge is 2.23. The highest BCUT2D eigenvalue weighted by Crippen LogP contribution is 2.28. The van der Waals surface area contributed by atoms with Gasteiger partial charge in [-0.25, -0.2) is 0 Å². The second-order valence-corrected chi connectivity index (χ2v) is 5.04. The van der Waals surface area contributed by atoms with Gasteiger partial charge >= 0.3 is 0 Å². The molecule has 88 valence electrons. The Morgan fingerprint density at radius 3 is 2.38 bits per heavy atom. The summed E-state index contributed by atoms with van der Waals surface area (Å²) >= 11 is 0. The maximum absolute atomic E-state index is 3.40. The summed E-state index contributed by atoms with van der Waals surface area (Å²) in [4.78, 5) is 0. The van der Waals surface area contributed by atoms with Crippen molar-refractivity contribution in [2.45, 2.75) is 45.1 Å². The Morgan fingerprint density at radius 2 is 1.81 bits per heavy atom. The fraction of sp³-hybridized carbons (Fsp3) is 0.600. The third kappa shape index (κ3) is 2.85. The smallest absolute Gasteiger partial charge is 0.00669 e. The summed E-state index contributed by atoms with van der Waals surface area (Å²) in [5.74, 6) is 0.893. The molecule has 0 spiro atoms. The fourth-order valence-corrected chi connectivity index (χ4v) is 2.77. The lowest BCUT2D eigenvalue weighted by molar-refractivity contribution is 0.510. The van der Waals surface area contributed by atoms with Crippen LogP contribution in [0.15, 0.2) is 24.3 Å². The monoisotopic (exact) mass is 217 g/mol. The molecule has 1 aliphatic rings. The van der Waals surface area contributed by atoms with Crippen molar-refractivity contribution in [1.82, 2.24) is 5.32 Å². The molecule has 0 heterocycles. The van der Waals surface area contributed by atoms with E-state index < -0.39 is 0 Å².